The van der Waals surface area contributed by atoms with Gasteiger partial charge >= 0.3 is 0 Å². The summed E-state index contributed by atoms with van der Waals surface area (Å²) in [6.45, 7) is 10.9. The van der Waals surface area contributed by atoms with Crippen LogP contribution in [0.5, 0.6) is 0 Å². The zero-order chi connectivity index (χ0) is 24.3. The molecule has 0 aromatic carbocycles. The molecule has 0 aromatic rings. The second-order valence-electron chi connectivity index (χ2n) is 11.2. The third kappa shape index (κ3) is 17.3. The molecule has 0 saturated heterocycles. The molecule has 4 aliphatic rings. The van der Waals surface area contributed by atoms with Crippen molar-refractivity contribution in [2.45, 2.75) is 142 Å². The normalized spacial score (nSPS) is 25.7. The van der Waals surface area contributed by atoms with Crippen LogP contribution in [0.4, 0.5) is 0 Å². The van der Waals surface area contributed by atoms with Crippen LogP contribution >= 0.6 is 0 Å². The average molecular weight is 600 g/mol. The molecule has 6 heteroatoms. The molecule has 0 radical (unpaired) electrons. The van der Waals surface area contributed by atoms with Crippen molar-refractivity contribution in [3.05, 3.63) is 11.4 Å². The summed E-state index contributed by atoms with van der Waals surface area (Å²) in [6.07, 6.45) is 26.3. The summed E-state index contributed by atoms with van der Waals surface area (Å²) in [5, 5.41) is 18.3. The van der Waals surface area contributed by atoms with Gasteiger partial charge in [-0.3, -0.25) is 0 Å². The Hall–Kier alpha value is -0.0610. The Morgan fingerprint density at radius 2 is 1.19 bits per heavy atom. The van der Waals surface area contributed by atoms with Gasteiger partial charge in [0.2, 0.25) is 6.04 Å². The average Bonchev–Trinajstić information content (AvgIpc) is 3.68. The number of nitrogens with zero attached hydrogens (tertiary/aromatic N) is 3. The maximum atomic E-state index is 9.35. The number of aliphatic hydroxyl groups is 1. The van der Waals surface area contributed by atoms with E-state index in [9.17, 15) is 5.26 Å². The summed E-state index contributed by atoms with van der Waals surface area (Å²) in [5.74, 6) is 1.30. The molecule has 4 nitrogen and oxygen atoms in total. The summed E-state index contributed by atoms with van der Waals surface area (Å²) in [4.78, 5) is 6.41. The van der Waals surface area contributed by atoms with Gasteiger partial charge in [-0.2, -0.15) is 5.26 Å². The molecule has 218 valence electrons. The number of unbranched alkanes of at least 4 members (excludes halogenated alkanes) is 3. The quantitative estimate of drug-likeness (QED) is 0.156. The third-order valence-electron chi connectivity index (χ3n) is 8.48. The first kappa shape index (κ1) is 39.1. The molecule has 4 fully saturated rings. The fourth-order valence-electron chi connectivity index (χ4n) is 6.31. The second-order valence-corrected chi connectivity index (χ2v) is 11.2. The molecule has 0 aromatic heterocycles. The Labute approximate surface area is 251 Å². The van der Waals surface area contributed by atoms with Gasteiger partial charge in [0.05, 0.1) is 12.0 Å². The molecule has 0 aliphatic heterocycles. The number of nitriles is 1. The molecule has 0 amide bonds. The number of rotatable bonds is 10. The van der Waals surface area contributed by atoms with Crippen molar-refractivity contribution in [3.8, 4) is 6.07 Å². The number of aliphatic hydroxyl groups excluding tert-OH is 1. The minimum absolute atomic E-state index is 0. The number of hydrogen-bond donors (Lipinski definition) is 1. The Kier molecular flexibility index (Phi) is 27.7. The van der Waals surface area contributed by atoms with Crippen LogP contribution < -0.4 is 0 Å². The molecule has 4 saturated carbocycles. The zero-order valence-corrected chi connectivity index (χ0v) is 25.0. The van der Waals surface area contributed by atoms with Crippen molar-refractivity contribution in [1.29, 1.82) is 5.26 Å². The second kappa shape index (κ2) is 26.2. The van der Waals surface area contributed by atoms with E-state index >= 15 is 0 Å². The first-order valence-electron chi connectivity index (χ1n) is 14.9. The molecule has 37 heavy (non-hydrogen) atoms. The Morgan fingerprint density at radius 1 is 0.703 bits per heavy atom. The molecule has 0 bridgehead atoms. The van der Waals surface area contributed by atoms with E-state index in [0.29, 0.717) is 18.4 Å². The summed E-state index contributed by atoms with van der Waals surface area (Å²) in [7, 11) is 0. The fraction of sp³-hybridized carbons (Fsp3) is 0.935. The fourth-order valence-corrected chi connectivity index (χ4v) is 6.31. The monoisotopic (exact) mass is 599 g/mol. The molecule has 4 unspecified atom stereocenters. The van der Waals surface area contributed by atoms with E-state index in [1.165, 1.54) is 103 Å². The molecular weight excluding hydrogens is 542 g/mol. The van der Waals surface area contributed by atoms with Crippen LogP contribution in [-0.2, 0) is 34.1 Å². The van der Waals surface area contributed by atoms with E-state index in [2.05, 4.69) is 15.8 Å². The van der Waals surface area contributed by atoms with E-state index in [4.69, 9.17) is 11.7 Å². The zero-order valence-electron chi connectivity index (χ0n) is 22.8. The van der Waals surface area contributed by atoms with Crippen molar-refractivity contribution >= 4 is 0 Å². The SMILES string of the molecule is C.C1CCCC1.C1CCCC1.[C-]#[N+]C1CCCC1CN(CCCCCCO)CC1CCCC1C#N.[Fe].[Fe]. The number of hydrogen-bond acceptors (Lipinski definition) is 3. The van der Waals surface area contributed by atoms with Crippen molar-refractivity contribution in [2.24, 2.45) is 17.8 Å². The van der Waals surface area contributed by atoms with E-state index in [-0.39, 0.29) is 53.5 Å². The van der Waals surface area contributed by atoms with Gasteiger partial charge in [-0.05, 0) is 51.0 Å². The van der Waals surface area contributed by atoms with Crippen LogP contribution in [0.3, 0.4) is 0 Å². The summed E-state index contributed by atoms with van der Waals surface area (Å²) in [5.41, 5.74) is 0. The van der Waals surface area contributed by atoms with Crippen molar-refractivity contribution < 1.29 is 39.2 Å². The molecule has 0 spiro atoms. The van der Waals surface area contributed by atoms with E-state index < -0.39 is 0 Å². The Morgan fingerprint density at radius 3 is 1.70 bits per heavy atom. The molecular formula is C31H57Fe2N3O. The van der Waals surface area contributed by atoms with Gasteiger partial charge in [-0.25, -0.2) is 6.57 Å². The predicted molar refractivity (Wildman–Crippen MR) is 149 cm³/mol. The van der Waals surface area contributed by atoms with Crippen molar-refractivity contribution in [2.75, 3.05) is 26.2 Å². The van der Waals surface area contributed by atoms with E-state index in [1.807, 2.05) is 0 Å². The van der Waals surface area contributed by atoms with Gasteiger partial charge in [0.1, 0.15) is 0 Å². The minimum Gasteiger partial charge on any atom is -0.396 e. The van der Waals surface area contributed by atoms with Crippen LogP contribution in [0, 0.1) is 35.7 Å². The third-order valence-corrected chi connectivity index (χ3v) is 8.48. The van der Waals surface area contributed by atoms with Crippen molar-refractivity contribution in [3.63, 3.8) is 0 Å². The van der Waals surface area contributed by atoms with Crippen LogP contribution in [0.1, 0.15) is 136 Å². The van der Waals surface area contributed by atoms with Crippen LogP contribution in [0.15, 0.2) is 0 Å². The van der Waals surface area contributed by atoms with E-state index in [1.54, 1.807) is 0 Å². The topological polar surface area (TPSA) is 51.6 Å². The molecule has 4 rings (SSSR count). The Bertz CT molecular complexity index is 525. The largest absolute Gasteiger partial charge is 0.396 e. The molecule has 4 aliphatic carbocycles. The maximum Gasteiger partial charge on any atom is 0.227 e. The summed E-state index contributed by atoms with van der Waals surface area (Å²) >= 11 is 0. The Balaban J connectivity index is 0. The molecule has 1 N–H and O–H groups in total. The molecule has 0 heterocycles. The maximum absolute atomic E-state index is 9.35. The van der Waals surface area contributed by atoms with Gasteiger partial charge in [0.25, 0.3) is 0 Å². The van der Waals surface area contributed by atoms with Crippen molar-refractivity contribution in [1.82, 2.24) is 4.90 Å². The summed E-state index contributed by atoms with van der Waals surface area (Å²) < 4.78 is 0. The van der Waals surface area contributed by atoms with Gasteiger partial charge < -0.3 is 14.9 Å². The predicted octanol–water partition coefficient (Wildman–Crippen LogP) is 8.40. The van der Waals surface area contributed by atoms with Crippen LogP contribution in [0.25, 0.3) is 4.85 Å². The van der Waals surface area contributed by atoms with E-state index in [0.717, 1.165) is 45.3 Å². The minimum atomic E-state index is 0. The smallest absolute Gasteiger partial charge is 0.227 e. The molecule has 4 atom stereocenters. The first-order chi connectivity index (χ1) is 16.8. The van der Waals surface area contributed by atoms with Gasteiger partial charge in [0.15, 0.2) is 0 Å². The standard InChI is InChI=1S/C20H33N3O.2C5H10.CH4.2Fe/c1-22-20-11-7-10-19(20)16-23(12-4-2-3-5-13-24)15-18-9-6-8-17(18)14-21;2*1-2-4-5-3-1;;;/h17-20,24H,2-13,15-16H2;2*1-5H2;1H4;;. The van der Waals surface area contributed by atoms with Crippen LogP contribution in [0.2, 0.25) is 0 Å². The van der Waals surface area contributed by atoms with Gasteiger partial charge in [0, 0.05) is 66.2 Å². The van der Waals surface area contributed by atoms with Gasteiger partial charge in [-0.15, -0.1) is 0 Å². The van der Waals surface area contributed by atoms with Crippen LogP contribution in [-0.4, -0.2) is 42.3 Å². The first-order valence-corrected chi connectivity index (χ1v) is 14.9. The summed E-state index contributed by atoms with van der Waals surface area (Å²) in [6, 6.07) is 2.73. The van der Waals surface area contributed by atoms with Gasteiger partial charge in [-0.1, -0.05) is 90.9 Å².